The van der Waals surface area contributed by atoms with Gasteiger partial charge in [-0.2, -0.15) is 0 Å². The SMILES string of the molecule is CC(=CCCc1coc(Cc2ccoc2)c1)CCCC(C)C=C1OC(=O)C(C)=C1O. The molecule has 0 spiro atoms. The van der Waals surface area contributed by atoms with Crippen molar-refractivity contribution < 1.29 is 23.5 Å². The maximum Gasteiger partial charge on any atom is 0.343 e. The molecule has 0 amide bonds. The summed E-state index contributed by atoms with van der Waals surface area (Å²) in [5.41, 5.74) is 3.98. The van der Waals surface area contributed by atoms with Crippen LogP contribution in [0.3, 0.4) is 0 Å². The van der Waals surface area contributed by atoms with Crippen molar-refractivity contribution in [3.63, 3.8) is 0 Å². The second-order valence-electron chi connectivity index (χ2n) is 8.08. The molecular formula is C25H30O5. The van der Waals surface area contributed by atoms with Crippen LogP contribution in [0, 0.1) is 5.92 Å². The quantitative estimate of drug-likeness (QED) is 0.361. The molecule has 2 aromatic heterocycles. The lowest BCUT2D eigenvalue weighted by Crippen LogP contribution is -1.97. The summed E-state index contributed by atoms with van der Waals surface area (Å²) in [6.07, 6.45) is 15.2. The summed E-state index contributed by atoms with van der Waals surface area (Å²) in [5.74, 6) is 0.989. The van der Waals surface area contributed by atoms with Gasteiger partial charge in [0.25, 0.3) is 0 Å². The van der Waals surface area contributed by atoms with E-state index < -0.39 is 5.97 Å². The molecule has 0 radical (unpaired) electrons. The zero-order chi connectivity index (χ0) is 21.5. The molecule has 5 heteroatoms. The van der Waals surface area contributed by atoms with Crippen molar-refractivity contribution in [2.45, 2.75) is 59.3 Å². The number of aliphatic hydroxyl groups excluding tert-OH is 1. The Morgan fingerprint density at radius 1 is 1.27 bits per heavy atom. The third-order valence-electron chi connectivity index (χ3n) is 5.36. The maximum absolute atomic E-state index is 11.5. The van der Waals surface area contributed by atoms with Crippen LogP contribution in [-0.2, 0) is 22.4 Å². The van der Waals surface area contributed by atoms with Gasteiger partial charge in [-0.15, -0.1) is 0 Å². The Kier molecular flexibility index (Phi) is 7.39. The van der Waals surface area contributed by atoms with E-state index in [0.717, 1.165) is 49.8 Å². The minimum Gasteiger partial charge on any atom is -0.504 e. The number of hydrogen-bond donors (Lipinski definition) is 1. The second-order valence-corrected chi connectivity index (χ2v) is 8.08. The predicted molar refractivity (Wildman–Crippen MR) is 115 cm³/mol. The first-order chi connectivity index (χ1) is 14.4. The zero-order valence-electron chi connectivity index (χ0n) is 17.9. The molecule has 1 atom stereocenters. The molecule has 0 bridgehead atoms. The Labute approximate surface area is 177 Å². The van der Waals surface area contributed by atoms with Gasteiger partial charge in [0.2, 0.25) is 0 Å². The van der Waals surface area contributed by atoms with E-state index >= 15 is 0 Å². The van der Waals surface area contributed by atoms with Crippen molar-refractivity contribution >= 4 is 5.97 Å². The molecule has 1 N–H and O–H groups in total. The van der Waals surface area contributed by atoms with Gasteiger partial charge in [0.1, 0.15) is 5.76 Å². The molecule has 3 heterocycles. The molecule has 1 aliphatic heterocycles. The minimum absolute atomic E-state index is 0.0323. The summed E-state index contributed by atoms with van der Waals surface area (Å²) in [6.45, 7) is 5.81. The van der Waals surface area contributed by atoms with Crippen LogP contribution in [0.15, 0.2) is 74.6 Å². The molecule has 0 aliphatic carbocycles. The van der Waals surface area contributed by atoms with Gasteiger partial charge >= 0.3 is 5.97 Å². The van der Waals surface area contributed by atoms with Gasteiger partial charge in [0, 0.05) is 6.42 Å². The number of esters is 1. The van der Waals surface area contributed by atoms with Crippen LogP contribution in [0.5, 0.6) is 0 Å². The maximum atomic E-state index is 11.5. The average molecular weight is 411 g/mol. The van der Waals surface area contributed by atoms with Gasteiger partial charge in [-0.1, -0.05) is 18.6 Å². The number of aryl methyl sites for hydroxylation is 1. The van der Waals surface area contributed by atoms with Gasteiger partial charge in [-0.05, 0) is 81.2 Å². The van der Waals surface area contributed by atoms with Gasteiger partial charge in [0.05, 0.1) is 24.4 Å². The average Bonchev–Trinajstić information content (AvgIpc) is 3.43. The Hall–Kier alpha value is -2.95. The molecule has 0 saturated heterocycles. The lowest BCUT2D eigenvalue weighted by molar-refractivity contribution is -0.133. The Bertz CT molecular complexity index is 940. The highest BCUT2D eigenvalue weighted by molar-refractivity contribution is 5.93. The van der Waals surface area contributed by atoms with Crippen molar-refractivity contribution in [1.82, 2.24) is 0 Å². The molecule has 160 valence electrons. The summed E-state index contributed by atoms with van der Waals surface area (Å²) < 4.78 is 15.8. The second kappa shape index (κ2) is 10.2. The molecule has 3 rings (SSSR count). The standard InChI is InChI=1S/C25H30O5/c1-17(6-4-8-18(2)12-23-24(26)19(3)25(27)30-23)7-5-9-20-13-22(29-16-20)14-21-10-11-28-15-21/h7,10-13,15-16,18,26H,4-6,8-9,14H2,1-3H3. The van der Waals surface area contributed by atoms with Gasteiger partial charge in [-0.25, -0.2) is 4.79 Å². The van der Waals surface area contributed by atoms with Crippen molar-refractivity contribution in [2.24, 2.45) is 5.92 Å². The molecule has 2 aromatic rings. The largest absolute Gasteiger partial charge is 0.504 e. The van der Waals surface area contributed by atoms with Crippen LogP contribution < -0.4 is 0 Å². The summed E-state index contributed by atoms with van der Waals surface area (Å²) >= 11 is 0. The fourth-order valence-corrected chi connectivity index (χ4v) is 3.50. The van der Waals surface area contributed by atoms with Crippen LogP contribution in [0.2, 0.25) is 0 Å². The third kappa shape index (κ3) is 6.02. The van der Waals surface area contributed by atoms with E-state index in [1.54, 1.807) is 19.5 Å². The Morgan fingerprint density at radius 2 is 2.10 bits per heavy atom. The van der Waals surface area contributed by atoms with E-state index in [4.69, 9.17) is 13.6 Å². The first kappa shape index (κ1) is 21.8. The first-order valence-corrected chi connectivity index (χ1v) is 10.5. The van der Waals surface area contributed by atoms with Crippen LogP contribution >= 0.6 is 0 Å². The molecule has 0 fully saturated rings. The molecule has 1 aliphatic rings. The number of carbonyl (C=O) groups excluding carboxylic acids is 1. The van der Waals surface area contributed by atoms with E-state index in [-0.39, 0.29) is 17.3 Å². The lowest BCUT2D eigenvalue weighted by atomic mass is 9.99. The van der Waals surface area contributed by atoms with E-state index in [2.05, 4.69) is 26.0 Å². The minimum atomic E-state index is -0.462. The highest BCUT2D eigenvalue weighted by atomic mass is 16.6. The van der Waals surface area contributed by atoms with Crippen molar-refractivity contribution in [3.8, 4) is 0 Å². The number of furan rings is 2. The van der Waals surface area contributed by atoms with Crippen molar-refractivity contribution in [3.05, 3.63) is 82.6 Å². The number of hydrogen-bond acceptors (Lipinski definition) is 5. The fourth-order valence-electron chi connectivity index (χ4n) is 3.50. The van der Waals surface area contributed by atoms with Crippen molar-refractivity contribution in [2.75, 3.05) is 0 Å². The number of aliphatic hydroxyl groups is 1. The Morgan fingerprint density at radius 3 is 2.80 bits per heavy atom. The van der Waals surface area contributed by atoms with Gasteiger partial charge < -0.3 is 18.7 Å². The van der Waals surface area contributed by atoms with Crippen LogP contribution in [0.25, 0.3) is 0 Å². The number of allylic oxidation sites excluding steroid dienone is 3. The Balaban J connectivity index is 1.37. The number of carbonyl (C=O) groups is 1. The highest BCUT2D eigenvalue weighted by Gasteiger charge is 2.26. The van der Waals surface area contributed by atoms with Crippen LogP contribution in [0.1, 0.15) is 63.3 Å². The number of cyclic esters (lactones) is 1. The number of ether oxygens (including phenoxy) is 1. The molecule has 1 unspecified atom stereocenters. The highest BCUT2D eigenvalue weighted by Crippen LogP contribution is 2.26. The third-order valence-corrected chi connectivity index (χ3v) is 5.36. The fraction of sp³-hybridized carbons (Fsp3) is 0.400. The monoisotopic (exact) mass is 410 g/mol. The molecule has 0 aromatic carbocycles. The molecule has 5 nitrogen and oxygen atoms in total. The summed E-state index contributed by atoms with van der Waals surface area (Å²) in [6, 6.07) is 4.07. The molecule has 0 saturated carbocycles. The normalized spacial score (nSPS) is 17.1. The summed E-state index contributed by atoms with van der Waals surface area (Å²) in [7, 11) is 0. The zero-order valence-corrected chi connectivity index (χ0v) is 17.9. The topological polar surface area (TPSA) is 72.8 Å². The van der Waals surface area contributed by atoms with Crippen LogP contribution in [-0.4, -0.2) is 11.1 Å². The van der Waals surface area contributed by atoms with Crippen molar-refractivity contribution in [1.29, 1.82) is 0 Å². The first-order valence-electron chi connectivity index (χ1n) is 10.5. The lowest BCUT2D eigenvalue weighted by Gasteiger charge is -2.08. The van der Waals surface area contributed by atoms with E-state index in [1.807, 2.05) is 18.4 Å². The van der Waals surface area contributed by atoms with Gasteiger partial charge in [-0.3, -0.25) is 0 Å². The van der Waals surface area contributed by atoms with Crippen LogP contribution in [0.4, 0.5) is 0 Å². The van der Waals surface area contributed by atoms with E-state index in [1.165, 1.54) is 11.1 Å². The molecule has 30 heavy (non-hydrogen) atoms. The molecular weight excluding hydrogens is 380 g/mol. The van der Waals surface area contributed by atoms with Gasteiger partial charge in [0.15, 0.2) is 11.5 Å². The smallest absolute Gasteiger partial charge is 0.343 e. The summed E-state index contributed by atoms with van der Waals surface area (Å²) in [4.78, 5) is 11.5. The van der Waals surface area contributed by atoms with E-state index in [0.29, 0.717) is 5.76 Å². The summed E-state index contributed by atoms with van der Waals surface area (Å²) in [5, 5.41) is 9.89. The predicted octanol–water partition coefficient (Wildman–Crippen LogP) is 6.42. The number of rotatable bonds is 10. The van der Waals surface area contributed by atoms with E-state index in [9.17, 15) is 9.90 Å².